The minimum absolute atomic E-state index is 0.0539. The molecule has 0 bridgehead atoms. The Morgan fingerprint density at radius 1 is 1.14 bits per heavy atom. The third kappa shape index (κ3) is 5.71. The largest absolute Gasteiger partial charge is 0.393 e. The second-order valence-electron chi connectivity index (χ2n) is 6.51. The van der Waals surface area contributed by atoms with E-state index in [1.54, 1.807) is 53.4 Å². The number of rotatable bonds is 6. The molecule has 0 aromatic heterocycles. The van der Waals surface area contributed by atoms with Crippen LogP contribution in [0.15, 0.2) is 53.5 Å². The van der Waals surface area contributed by atoms with Crippen molar-refractivity contribution in [2.45, 2.75) is 6.10 Å². The highest BCUT2D eigenvalue weighted by atomic mass is 16.5. The second kappa shape index (κ2) is 9.92. The summed E-state index contributed by atoms with van der Waals surface area (Å²) < 4.78 is 5.26. The smallest absolute Gasteiger partial charge is 0.255 e. The summed E-state index contributed by atoms with van der Waals surface area (Å²) in [7, 11) is 0. The van der Waals surface area contributed by atoms with Crippen molar-refractivity contribution >= 4 is 29.4 Å². The first-order chi connectivity index (χ1) is 14.1. The molecule has 1 aliphatic rings. The molecular formula is C21H23N3O5. The lowest BCUT2D eigenvalue weighted by molar-refractivity contribution is 0.0303. The molecule has 0 saturated carbocycles. The van der Waals surface area contributed by atoms with Gasteiger partial charge in [0, 0.05) is 36.1 Å². The molecule has 2 aromatic carbocycles. The van der Waals surface area contributed by atoms with E-state index in [1.807, 2.05) is 0 Å². The second-order valence-corrected chi connectivity index (χ2v) is 6.51. The first-order valence-electron chi connectivity index (χ1n) is 9.28. The van der Waals surface area contributed by atoms with E-state index in [0.717, 1.165) is 0 Å². The fraction of sp³-hybridized carbons (Fsp3) is 0.286. The van der Waals surface area contributed by atoms with Gasteiger partial charge in [0.15, 0.2) is 0 Å². The number of ether oxygens (including phenoxy) is 1. The molecule has 0 spiro atoms. The lowest BCUT2D eigenvalue weighted by atomic mass is 10.1. The minimum atomic E-state index is -1.05. The predicted octanol–water partition coefficient (Wildman–Crippen LogP) is 1.47. The van der Waals surface area contributed by atoms with E-state index in [1.165, 1.54) is 6.21 Å². The van der Waals surface area contributed by atoms with Crippen molar-refractivity contribution in [1.29, 1.82) is 0 Å². The van der Waals surface area contributed by atoms with Gasteiger partial charge in [-0.05, 0) is 42.5 Å². The van der Waals surface area contributed by atoms with Gasteiger partial charge in [-0.25, -0.2) is 0 Å². The number of amides is 2. The van der Waals surface area contributed by atoms with Gasteiger partial charge in [-0.15, -0.1) is 0 Å². The van der Waals surface area contributed by atoms with Gasteiger partial charge in [0.2, 0.25) is 0 Å². The molecule has 1 fully saturated rings. The van der Waals surface area contributed by atoms with Crippen molar-refractivity contribution in [1.82, 2.24) is 4.90 Å². The highest BCUT2D eigenvalue weighted by molar-refractivity contribution is 6.05. The Bertz CT molecular complexity index is 876. The molecule has 152 valence electrons. The van der Waals surface area contributed by atoms with E-state index in [-0.39, 0.29) is 11.8 Å². The number of anilines is 1. The third-order valence-electron chi connectivity index (χ3n) is 4.38. The number of hydrogen-bond acceptors (Lipinski definition) is 6. The first kappa shape index (κ1) is 20.7. The maximum Gasteiger partial charge on any atom is 0.255 e. The number of carbonyl (C=O) groups excluding carboxylic acids is 2. The van der Waals surface area contributed by atoms with E-state index in [9.17, 15) is 14.7 Å². The average Bonchev–Trinajstić information content (AvgIpc) is 2.78. The topological polar surface area (TPSA) is 111 Å². The Kier molecular flexibility index (Phi) is 7.07. The number of hydrogen-bond donors (Lipinski definition) is 3. The van der Waals surface area contributed by atoms with Crippen LogP contribution in [0.25, 0.3) is 0 Å². The van der Waals surface area contributed by atoms with Crippen molar-refractivity contribution in [3.8, 4) is 0 Å². The number of nitrogens with zero attached hydrogens (tertiary/aromatic N) is 2. The highest BCUT2D eigenvalue weighted by Gasteiger charge is 2.18. The maximum absolute atomic E-state index is 12.5. The minimum Gasteiger partial charge on any atom is -0.393 e. The van der Waals surface area contributed by atoms with Crippen LogP contribution in [-0.2, 0) is 4.74 Å². The summed E-state index contributed by atoms with van der Waals surface area (Å²) in [4.78, 5) is 30.7. The van der Waals surface area contributed by atoms with Crippen LogP contribution in [0.1, 0.15) is 20.7 Å². The van der Waals surface area contributed by atoms with Crippen molar-refractivity contribution in [3.05, 3.63) is 59.7 Å². The standard InChI is InChI=1S/C21H23N3O5/c25-14-19(26)13-22-18-3-1-2-16(12-18)20(27)23-17-6-4-15(5-7-17)21(28)24-8-10-29-11-9-24/h1-7,12-13,19,25-26H,8-11,14H2,(H,23,27)/t19-/m1/s1. The van der Waals surface area contributed by atoms with Gasteiger partial charge in [0.1, 0.15) is 6.10 Å². The molecule has 8 nitrogen and oxygen atoms in total. The molecule has 2 amide bonds. The SMILES string of the molecule is O=C(Nc1ccc(C(=O)N2CCOCC2)cc1)c1cccc(N=C[C@@H](O)CO)c1. The van der Waals surface area contributed by atoms with Crippen LogP contribution in [0.3, 0.4) is 0 Å². The molecule has 1 atom stereocenters. The monoisotopic (exact) mass is 397 g/mol. The van der Waals surface area contributed by atoms with Crippen LogP contribution in [0, 0.1) is 0 Å². The molecule has 0 unspecified atom stereocenters. The van der Waals surface area contributed by atoms with Gasteiger partial charge < -0.3 is 25.2 Å². The molecule has 2 aromatic rings. The summed E-state index contributed by atoms with van der Waals surface area (Å²) in [5.74, 6) is -0.376. The van der Waals surface area contributed by atoms with Crippen molar-refractivity contribution in [2.75, 3.05) is 38.2 Å². The number of morpholine rings is 1. The Labute approximate surface area is 168 Å². The first-order valence-corrected chi connectivity index (χ1v) is 9.28. The summed E-state index contributed by atoms with van der Waals surface area (Å²) in [6, 6.07) is 13.3. The predicted molar refractivity (Wildman–Crippen MR) is 109 cm³/mol. The molecule has 3 N–H and O–H groups in total. The van der Waals surface area contributed by atoms with Gasteiger partial charge in [-0.3, -0.25) is 14.6 Å². The number of aliphatic imine (C=N–C) groups is 1. The van der Waals surface area contributed by atoms with Crippen molar-refractivity contribution in [2.24, 2.45) is 4.99 Å². The van der Waals surface area contributed by atoms with Crippen molar-refractivity contribution < 1.29 is 24.5 Å². The van der Waals surface area contributed by atoms with Crippen LogP contribution in [0.2, 0.25) is 0 Å². The van der Waals surface area contributed by atoms with Gasteiger partial charge in [0.25, 0.3) is 11.8 Å². The van der Waals surface area contributed by atoms with Gasteiger partial charge >= 0.3 is 0 Å². The zero-order valence-corrected chi connectivity index (χ0v) is 15.8. The quantitative estimate of drug-likeness (QED) is 0.639. The van der Waals surface area contributed by atoms with E-state index >= 15 is 0 Å². The third-order valence-corrected chi connectivity index (χ3v) is 4.38. The molecule has 1 heterocycles. The number of carbonyl (C=O) groups is 2. The molecule has 0 radical (unpaired) electrons. The fourth-order valence-corrected chi connectivity index (χ4v) is 2.80. The zero-order chi connectivity index (χ0) is 20.6. The lowest BCUT2D eigenvalue weighted by Gasteiger charge is -2.26. The van der Waals surface area contributed by atoms with Crippen LogP contribution in [0.4, 0.5) is 11.4 Å². The highest BCUT2D eigenvalue weighted by Crippen LogP contribution is 2.17. The molecule has 29 heavy (non-hydrogen) atoms. The van der Waals surface area contributed by atoms with E-state index in [0.29, 0.717) is 48.8 Å². The van der Waals surface area contributed by atoms with E-state index < -0.39 is 12.7 Å². The number of aliphatic hydroxyl groups excluding tert-OH is 2. The molecule has 8 heteroatoms. The Balaban J connectivity index is 1.63. The van der Waals surface area contributed by atoms with E-state index in [4.69, 9.17) is 9.84 Å². The maximum atomic E-state index is 12.5. The van der Waals surface area contributed by atoms with Crippen LogP contribution < -0.4 is 5.32 Å². The molecule has 1 saturated heterocycles. The summed E-state index contributed by atoms with van der Waals surface area (Å²) in [5, 5.41) is 20.9. The zero-order valence-electron chi connectivity index (χ0n) is 15.8. The number of nitrogens with one attached hydrogen (secondary N) is 1. The van der Waals surface area contributed by atoms with Crippen molar-refractivity contribution in [3.63, 3.8) is 0 Å². The van der Waals surface area contributed by atoms with Crippen LogP contribution in [-0.4, -0.2) is 72.2 Å². The number of aliphatic hydroxyl groups is 2. The lowest BCUT2D eigenvalue weighted by Crippen LogP contribution is -2.40. The average molecular weight is 397 g/mol. The Morgan fingerprint density at radius 2 is 1.86 bits per heavy atom. The van der Waals surface area contributed by atoms with Gasteiger partial charge in [-0.1, -0.05) is 6.07 Å². The fourth-order valence-electron chi connectivity index (χ4n) is 2.80. The normalized spacial score (nSPS) is 15.3. The summed E-state index contributed by atoms with van der Waals surface area (Å²) in [6.07, 6.45) is 0.160. The Morgan fingerprint density at radius 3 is 2.55 bits per heavy atom. The molecule has 3 rings (SSSR count). The van der Waals surface area contributed by atoms with Crippen LogP contribution in [0.5, 0.6) is 0 Å². The molecular weight excluding hydrogens is 374 g/mol. The van der Waals surface area contributed by atoms with Crippen LogP contribution >= 0.6 is 0 Å². The van der Waals surface area contributed by atoms with Gasteiger partial charge in [0.05, 0.1) is 25.5 Å². The summed E-state index contributed by atoms with van der Waals surface area (Å²) in [6.45, 7) is 1.81. The molecule has 1 aliphatic heterocycles. The summed E-state index contributed by atoms with van der Waals surface area (Å²) >= 11 is 0. The Hall–Kier alpha value is -3.07. The number of benzene rings is 2. The van der Waals surface area contributed by atoms with Gasteiger partial charge in [-0.2, -0.15) is 0 Å². The molecule has 0 aliphatic carbocycles. The summed E-state index contributed by atoms with van der Waals surface area (Å²) in [5.41, 5.74) is 2.00. The van der Waals surface area contributed by atoms with E-state index in [2.05, 4.69) is 10.3 Å².